The van der Waals surface area contributed by atoms with Crippen molar-refractivity contribution in [2.75, 3.05) is 20.2 Å². The first-order chi connectivity index (χ1) is 8.88. The summed E-state index contributed by atoms with van der Waals surface area (Å²) >= 11 is 0. The quantitative estimate of drug-likeness (QED) is 0.833. The Bertz CT molecular complexity index is 265. The van der Waals surface area contributed by atoms with E-state index in [4.69, 9.17) is 4.74 Å². The molecule has 3 rings (SSSR count). The molecule has 3 fully saturated rings. The van der Waals surface area contributed by atoms with E-state index >= 15 is 0 Å². The summed E-state index contributed by atoms with van der Waals surface area (Å²) in [7, 11) is 1.88. The monoisotopic (exact) mass is 252 g/mol. The van der Waals surface area contributed by atoms with Crippen LogP contribution in [-0.2, 0) is 4.74 Å². The fourth-order valence-electron chi connectivity index (χ4n) is 4.38. The average molecular weight is 252 g/mol. The van der Waals surface area contributed by atoms with Crippen LogP contribution in [0, 0.1) is 0 Å². The molecule has 0 amide bonds. The van der Waals surface area contributed by atoms with Crippen molar-refractivity contribution in [1.29, 1.82) is 0 Å². The highest BCUT2D eigenvalue weighted by atomic mass is 16.5. The van der Waals surface area contributed by atoms with Crippen LogP contribution in [0.5, 0.6) is 0 Å². The number of methoxy groups -OCH3 is 1. The van der Waals surface area contributed by atoms with Crippen molar-refractivity contribution in [1.82, 2.24) is 10.2 Å². The zero-order valence-corrected chi connectivity index (χ0v) is 11.7. The molecule has 3 aliphatic rings. The maximum Gasteiger partial charge on any atom is 0.0586 e. The van der Waals surface area contributed by atoms with Crippen LogP contribution in [-0.4, -0.2) is 49.3 Å². The van der Waals surface area contributed by atoms with Crippen molar-refractivity contribution in [2.24, 2.45) is 0 Å². The van der Waals surface area contributed by atoms with Crippen LogP contribution in [0.25, 0.3) is 0 Å². The molecule has 0 aromatic rings. The van der Waals surface area contributed by atoms with Crippen molar-refractivity contribution in [2.45, 2.75) is 75.6 Å². The summed E-state index contributed by atoms with van der Waals surface area (Å²) in [5, 5.41) is 3.72. The lowest BCUT2D eigenvalue weighted by atomic mass is 9.90. The van der Waals surface area contributed by atoms with Gasteiger partial charge in [0.2, 0.25) is 0 Å². The van der Waals surface area contributed by atoms with E-state index in [1.165, 1.54) is 64.5 Å². The van der Waals surface area contributed by atoms with E-state index in [-0.39, 0.29) is 0 Å². The molecule has 0 radical (unpaired) electrons. The molecule has 3 heteroatoms. The minimum absolute atomic E-state index is 0.515. The normalized spacial score (nSPS) is 42.5. The fraction of sp³-hybridized carbons (Fsp3) is 1.00. The topological polar surface area (TPSA) is 24.5 Å². The van der Waals surface area contributed by atoms with Crippen molar-refractivity contribution in [3.63, 3.8) is 0 Å². The van der Waals surface area contributed by atoms with Gasteiger partial charge in [0.1, 0.15) is 0 Å². The van der Waals surface area contributed by atoms with Gasteiger partial charge in [0.15, 0.2) is 0 Å². The molecule has 0 spiro atoms. The predicted octanol–water partition coefficient (Wildman–Crippen LogP) is 2.16. The van der Waals surface area contributed by atoms with Crippen molar-refractivity contribution in [3.8, 4) is 0 Å². The smallest absolute Gasteiger partial charge is 0.0586 e. The second kappa shape index (κ2) is 5.89. The van der Waals surface area contributed by atoms with Crippen LogP contribution >= 0.6 is 0 Å². The highest BCUT2D eigenvalue weighted by molar-refractivity contribution is 4.96. The molecule has 104 valence electrons. The molecule has 0 aromatic heterocycles. The second-order valence-corrected chi connectivity index (χ2v) is 6.33. The minimum Gasteiger partial charge on any atom is -0.381 e. The van der Waals surface area contributed by atoms with Crippen LogP contribution in [0.1, 0.15) is 51.4 Å². The van der Waals surface area contributed by atoms with E-state index in [1.807, 2.05) is 7.11 Å². The van der Waals surface area contributed by atoms with Gasteiger partial charge in [0.05, 0.1) is 6.10 Å². The number of rotatable bonds is 3. The highest BCUT2D eigenvalue weighted by Gasteiger charge is 2.38. The Morgan fingerprint density at radius 1 is 1.06 bits per heavy atom. The number of hydrogen-bond acceptors (Lipinski definition) is 3. The minimum atomic E-state index is 0.515. The Morgan fingerprint density at radius 2 is 2.00 bits per heavy atom. The molecule has 4 unspecified atom stereocenters. The second-order valence-electron chi connectivity index (χ2n) is 6.33. The van der Waals surface area contributed by atoms with Gasteiger partial charge in [-0.25, -0.2) is 0 Å². The molecule has 1 saturated carbocycles. The number of nitrogens with one attached hydrogen (secondary N) is 1. The van der Waals surface area contributed by atoms with E-state index in [2.05, 4.69) is 10.2 Å². The van der Waals surface area contributed by atoms with Crippen LogP contribution in [0.2, 0.25) is 0 Å². The SMILES string of the molecule is COC1CCCC(N2CCCC2C2CCCN2)C1. The zero-order chi connectivity index (χ0) is 12.4. The van der Waals surface area contributed by atoms with E-state index in [1.54, 1.807) is 0 Å². The Morgan fingerprint density at radius 3 is 2.78 bits per heavy atom. The molecule has 1 N–H and O–H groups in total. The molecule has 0 bridgehead atoms. The van der Waals surface area contributed by atoms with Gasteiger partial charge in [-0.2, -0.15) is 0 Å². The third-order valence-electron chi connectivity index (χ3n) is 5.31. The number of hydrogen-bond donors (Lipinski definition) is 1. The Labute approximate surface area is 111 Å². The summed E-state index contributed by atoms with van der Waals surface area (Å²) in [5.74, 6) is 0. The molecular formula is C15H28N2O. The summed E-state index contributed by atoms with van der Waals surface area (Å²) in [6.07, 6.45) is 11.4. The van der Waals surface area contributed by atoms with Gasteiger partial charge in [0, 0.05) is 25.2 Å². The average Bonchev–Trinajstić information content (AvgIpc) is 3.09. The van der Waals surface area contributed by atoms with E-state index in [0.29, 0.717) is 6.10 Å². The van der Waals surface area contributed by atoms with E-state index in [9.17, 15) is 0 Å². The van der Waals surface area contributed by atoms with Gasteiger partial charge < -0.3 is 10.1 Å². The number of ether oxygens (including phenoxy) is 1. The summed E-state index contributed by atoms with van der Waals surface area (Å²) < 4.78 is 5.60. The third kappa shape index (κ3) is 2.59. The highest BCUT2D eigenvalue weighted by Crippen LogP contribution is 2.33. The lowest BCUT2D eigenvalue weighted by Gasteiger charge is -2.40. The number of likely N-dealkylation sites (tertiary alicyclic amines) is 1. The van der Waals surface area contributed by atoms with Crippen LogP contribution < -0.4 is 5.32 Å². The molecule has 2 aliphatic heterocycles. The Kier molecular flexibility index (Phi) is 4.22. The largest absolute Gasteiger partial charge is 0.381 e. The van der Waals surface area contributed by atoms with Gasteiger partial charge in [-0.1, -0.05) is 0 Å². The fourth-order valence-corrected chi connectivity index (χ4v) is 4.38. The van der Waals surface area contributed by atoms with Crippen molar-refractivity contribution < 1.29 is 4.74 Å². The zero-order valence-electron chi connectivity index (χ0n) is 11.7. The first-order valence-electron chi connectivity index (χ1n) is 7.90. The maximum absolute atomic E-state index is 5.60. The third-order valence-corrected chi connectivity index (χ3v) is 5.31. The van der Waals surface area contributed by atoms with Gasteiger partial charge in [-0.3, -0.25) is 4.90 Å². The molecule has 3 nitrogen and oxygen atoms in total. The summed E-state index contributed by atoms with van der Waals surface area (Å²) in [6.45, 7) is 2.56. The van der Waals surface area contributed by atoms with Crippen molar-refractivity contribution >= 4 is 0 Å². The van der Waals surface area contributed by atoms with E-state index < -0.39 is 0 Å². The van der Waals surface area contributed by atoms with Crippen LogP contribution in [0.4, 0.5) is 0 Å². The Balaban J connectivity index is 1.62. The lowest BCUT2D eigenvalue weighted by Crippen LogP contribution is -2.50. The lowest BCUT2D eigenvalue weighted by molar-refractivity contribution is 0.0204. The van der Waals surface area contributed by atoms with Gasteiger partial charge in [-0.05, 0) is 64.5 Å². The van der Waals surface area contributed by atoms with Gasteiger partial charge in [0.25, 0.3) is 0 Å². The van der Waals surface area contributed by atoms with Crippen LogP contribution in [0.15, 0.2) is 0 Å². The van der Waals surface area contributed by atoms with Gasteiger partial charge in [-0.15, -0.1) is 0 Å². The summed E-state index contributed by atoms with van der Waals surface area (Å²) in [5.41, 5.74) is 0. The molecule has 4 atom stereocenters. The molecular weight excluding hydrogens is 224 g/mol. The summed E-state index contributed by atoms with van der Waals surface area (Å²) in [4.78, 5) is 2.83. The molecule has 2 saturated heterocycles. The maximum atomic E-state index is 5.60. The first kappa shape index (κ1) is 12.9. The molecule has 1 aliphatic carbocycles. The van der Waals surface area contributed by atoms with Crippen LogP contribution in [0.3, 0.4) is 0 Å². The standard InChI is InChI=1S/C15H28N2O/c1-18-13-6-2-5-12(11-13)17-10-4-8-15(17)14-7-3-9-16-14/h12-16H,2-11H2,1H3. The van der Waals surface area contributed by atoms with E-state index in [0.717, 1.165) is 18.1 Å². The first-order valence-corrected chi connectivity index (χ1v) is 7.90. The molecule has 18 heavy (non-hydrogen) atoms. The van der Waals surface area contributed by atoms with Gasteiger partial charge >= 0.3 is 0 Å². The predicted molar refractivity (Wildman–Crippen MR) is 73.8 cm³/mol. The molecule has 0 aromatic carbocycles. The number of nitrogens with zero attached hydrogens (tertiary/aromatic N) is 1. The van der Waals surface area contributed by atoms with Crippen molar-refractivity contribution in [3.05, 3.63) is 0 Å². The Hall–Kier alpha value is -0.120. The molecule has 2 heterocycles. The summed E-state index contributed by atoms with van der Waals surface area (Å²) in [6, 6.07) is 2.38.